The van der Waals surface area contributed by atoms with Gasteiger partial charge in [0.05, 0.1) is 23.1 Å². The van der Waals surface area contributed by atoms with E-state index in [1.165, 1.54) is 5.56 Å². The summed E-state index contributed by atoms with van der Waals surface area (Å²) in [5, 5.41) is 3.24. The van der Waals surface area contributed by atoms with E-state index in [4.69, 9.17) is 10.7 Å². The van der Waals surface area contributed by atoms with Gasteiger partial charge in [0.25, 0.3) is 0 Å². The Hall–Kier alpha value is -2.51. The molecule has 1 aliphatic heterocycles. The van der Waals surface area contributed by atoms with Gasteiger partial charge in [0.15, 0.2) is 0 Å². The van der Waals surface area contributed by atoms with E-state index in [-0.39, 0.29) is 11.3 Å². The summed E-state index contributed by atoms with van der Waals surface area (Å²) in [6, 6.07) is 10.00. The van der Waals surface area contributed by atoms with Gasteiger partial charge in [0, 0.05) is 42.2 Å². The van der Waals surface area contributed by atoms with Gasteiger partial charge >= 0.3 is 0 Å². The molecule has 7 heteroatoms. The Bertz CT molecular complexity index is 913. The van der Waals surface area contributed by atoms with Gasteiger partial charge in [-0.2, -0.15) is 0 Å². The van der Waals surface area contributed by atoms with Crippen LogP contribution in [0.25, 0.3) is 0 Å². The van der Waals surface area contributed by atoms with Crippen LogP contribution in [0.15, 0.2) is 48.2 Å². The molecule has 0 unspecified atom stereocenters. The number of nitrogens with one attached hydrogen (secondary N) is 1. The van der Waals surface area contributed by atoms with Crippen LogP contribution in [-0.4, -0.2) is 44.9 Å². The molecular weight excluding hydrogens is 370 g/mol. The van der Waals surface area contributed by atoms with Crippen molar-refractivity contribution in [3.8, 4) is 0 Å². The number of aromatic amines is 1. The van der Waals surface area contributed by atoms with Crippen LogP contribution in [0.5, 0.6) is 0 Å². The zero-order valence-electron chi connectivity index (χ0n) is 16.0. The number of aryl methyl sites for hydroxylation is 1. The van der Waals surface area contributed by atoms with E-state index in [2.05, 4.69) is 39.6 Å². The third-order valence-corrected chi connectivity index (χ3v) is 6.45. The van der Waals surface area contributed by atoms with Crippen molar-refractivity contribution in [2.75, 3.05) is 13.1 Å². The minimum absolute atomic E-state index is 0.00530. The molecule has 1 fully saturated rings. The molecule has 3 heterocycles. The molecular formula is C21H25N5OS. The lowest BCUT2D eigenvalue weighted by Gasteiger charge is -2.42. The molecule has 6 nitrogen and oxygen atoms in total. The van der Waals surface area contributed by atoms with Gasteiger partial charge in [0.1, 0.15) is 0 Å². The molecule has 0 bridgehead atoms. The fraction of sp³-hybridized carbons (Fsp3) is 0.381. The number of thiazole rings is 1. The number of piperidine rings is 1. The van der Waals surface area contributed by atoms with Crippen molar-refractivity contribution < 1.29 is 4.79 Å². The highest BCUT2D eigenvalue weighted by atomic mass is 32.1. The van der Waals surface area contributed by atoms with Gasteiger partial charge in [-0.05, 0) is 25.3 Å². The average Bonchev–Trinajstić information content (AvgIpc) is 3.40. The molecule has 0 spiro atoms. The first-order valence-electron chi connectivity index (χ1n) is 9.58. The van der Waals surface area contributed by atoms with Gasteiger partial charge in [-0.1, -0.05) is 30.3 Å². The Balaban J connectivity index is 1.51. The van der Waals surface area contributed by atoms with E-state index < -0.39 is 6.04 Å². The van der Waals surface area contributed by atoms with Crippen LogP contribution in [0.3, 0.4) is 0 Å². The minimum Gasteiger partial charge on any atom is -0.348 e. The summed E-state index contributed by atoms with van der Waals surface area (Å²) in [6.45, 7) is 3.40. The van der Waals surface area contributed by atoms with Crippen molar-refractivity contribution in [1.29, 1.82) is 0 Å². The molecule has 0 radical (unpaired) electrons. The number of aromatic nitrogens is 3. The first kappa shape index (κ1) is 18.8. The number of nitrogens with two attached hydrogens (primary N) is 1. The second-order valence-corrected chi connectivity index (χ2v) is 8.47. The Kier molecular flexibility index (Phi) is 5.28. The topological polar surface area (TPSA) is 87.9 Å². The summed E-state index contributed by atoms with van der Waals surface area (Å²) in [5.74, 6) is 0.00530. The van der Waals surface area contributed by atoms with Gasteiger partial charge in [0.2, 0.25) is 5.91 Å². The minimum atomic E-state index is -0.550. The number of carbonyl (C=O) groups is 1. The summed E-state index contributed by atoms with van der Waals surface area (Å²) >= 11 is 1.68. The standard InChI is InChI=1S/C21H25N5OS/c1-15-25-19(13-28-15)21(16-5-3-2-4-6-16)7-9-26(10-8-21)20(27)18(22)11-17-12-23-14-24-17/h2-6,12-14,18H,7-11,22H2,1H3,(H,23,24)/t18-/m0/s1. The van der Waals surface area contributed by atoms with E-state index in [0.29, 0.717) is 19.5 Å². The third kappa shape index (κ3) is 3.59. The summed E-state index contributed by atoms with van der Waals surface area (Å²) in [4.78, 5) is 26.6. The molecule has 1 amide bonds. The largest absolute Gasteiger partial charge is 0.348 e. The lowest BCUT2D eigenvalue weighted by Crippen LogP contribution is -2.51. The van der Waals surface area contributed by atoms with Crippen molar-refractivity contribution in [3.63, 3.8) is 0 Å². The summed E-state index contributed by atoms with van der Waals surface area (Å²) in [7, 11) is 0. The first-order valence-corrected chi connectivity index (χ1v) is 10.5. The molecule has 0 aliphatic carbocycles. The molecule has 3 N–H and O–H groups in total. The maximum absolute atomic E-state index is 12.9. The van der Waals surface area contributed by atoms with Crippen LogP contribution in [-0.2, 0) is 16.6 Å². The monoisotopic (exact) mass is 395 g/mol. The zero-order valence-corrected chi connectivity index (χ0v) is 16.8. The molecule has 1 aromatic carbocycles. The Morgan fingerprint density at radius 1 is 1.32 bits per heavy atom. The number of H-pyrrole nitrogens is 1. The maximum atomic E-state index is 12.9. The predicted molar refractivity (Wildman–Crippen MR) is 110 cm³/mol. The Morgan fingerprint density at radius 3 is 2.68 bits per heavy atom. The van der Waals surface area contributed by atoms with E-state index in [9.17, 15) is 4.79 Å². The van der Waals surface area contributed by atoms with Crippen molar-refractivity contribution in [1.82, 2.24) is 19.9 Å². The van der Waals surface area contributed by atoms with Crippen molar-refractivity contribution >= 4 is 17.2 Å². The quantitative estimate of drug-likeness (QED) is 0.695. The van der Waals surface area contributed by atoms with Crippen LogP contribution in [0.1, 0.15) is 34.8 Å². The predicted octanol–water partition coefficient (Wildman–Crippen LogP) is 2.65. The molecule has 1 saturated heterocycles. The van der Waals surface area contributed by atoms with E-state index in [1.807, 2.05) is 17.9 Å². The lowest BCUT2D eigenvalue weighted by atomic mass is 9.70. The highest BCUT2D eigenvalue weighted by Gasteiger charge is 2.41. The number of carbonyl (C=O) groups excluding carboxylic acids is 1. The van der Waals surface area contributed by atoms with Crippen LogP contribution in [0, 0.1) is 6.92 Å². The van der Waals surface area contributed by atoms with Crippen molar-refractivity contribution in [2.45, 2.75) is 37.6 Å². The summed E-state index contributed by atoms with van der Waals surface area (Å²) in [5.41, 5.74) is 9.32. The van der Waals surface area contributed by atoms with Gasteiger partial charge in [-0.25, -0.2) is 9.97 Å². The molecule has 0 saturated carbocycles. The van der Waals surface area contributed by atoms with E-state index in [0.717, 1.165) is 29.2 Å². The summed E-state index contributed by atoms with van der Waals surface area (Å²) in [6.07, 6.45) is 5.50. The number of hydrogen-bond acceptors (Lipinski definition) is 5. The smallest absolute Gasteiger partial charge is 0.239 e. The molecule has 28 heavy (non-hydrogen) atoms. The van der Waals surface area contributed by atoms with Gasteiger partial charge in [-0.15, -0.1) is 11.3 Å². The van der Waals surface area contributed by atoms with Crippen LogP contribution in [0.4, 0.5) is 0 Å². The molecule has 2 aromatic heterocycles. The van der Waals surface area contributed by atoms with Crippen LogP contribution in [0.2, 0.25) is 0 Å². The third-order valence-electron chi connectivity index (χ3n) is 5.68. The SMILES string of the molecule is Cc1nc(C2(c3ccccc3)CCN(C(=O)[C@@H](N)Cc3cnc[nH]3)CC2)cs1. The molecule has 4 rings (SSSR count). The van der Waals surface area contributed by atoms with E-state index >= 15 is 0 Å². The molecule has 1 aliphatic rings. The number of hydrogen-bond donors (Lipinski definition) is 2. The number of nitrogens with zero attached hydrogens (tertiary/aromatic N) is 3. The second kappa shape index (κ2) is 7.85. The number of amides is 1. The Labute approximate surface area is 168 Å². The zero-order chi connectivity index (χ0) is 19.6. The summed E-state index contributed by atoms with van der Waals surface area (Å²) < 4.78 is 0. The van der Waals surface area contributed by atoms with Gasteiger partial charge < -0.3 is 15.6 Å². The average molecular weight is 396 g/mol. The maximum Gasteiger partial charge on any atom is 0.239 e. The van der Waals surface area contributed by atoms with Crippen molar-refractivity contribution in [3.05, 3.63) is 70.2 Å². The normalized spacial score (nSPS) is 17.4. The Morgan fingerprint density at radius 2 is 2.07 bits per heavy atom. The number of likely N-dealkylation sites (tertiary alicyclic amines) is 1. The number of rotatable bonds is 5. The fourth-order valence-electron chi connectivity index (χ4n) is 4.10. The number of imidazole rings is 1. The first-order chi connectivity index (χ1) is 13.6. The van der Waals surface area contributed by atoms with Gasteiger partial charge in [-0.3, -0.25) is 4.79 Å². The van der Waals surface area contributed by atoms with Crippen LogP contribution < -0.4 is 5.73 Å². The second-order valence-electron chi connectivity index (χ2n) is 7.41. The molecule has 1 atom stereocenters. The van der Waals surface area contributed by atoms with Crippen molar-refractivity contribution in [2.24, 2.45) is 5.73 Å². The molecule has 3 aromatic rings. The fourth-order valence-corrected chi connectivity index (χ4v) is 4.81. The molecule has 146 valence electrons. The lowest BCUT2D eigenvalue weighted by molar-refractivity contribution is -0.134. The van der Waals surface area contributed by atoms with E-state index in [1.54, 1.807) is 23.9 Å². The number of benzene rings is 1. The highest BCUT2D eigenvalue weighted by Crippen LogP contribution is 2.42. The highest BCUT2D eigenvalue weighted by molar-refractivity contribution is 7.09. The van der Waals surface area contributed by atoms with Crippen LogP contribution >= 0.6 is 11.3 Å².